The Kier molecular flexibility index (Phi) is 4.95. The molecule has 0 saturated carbocycles. The van der Waals surface area contributed by atoms with Crippen LogP contribution in [0.2, 0.25) is 0 Å². The first-order chi connectivity index (χ1) is 8.75. The van der Waals surface area contributed by atoms with E-state index in [1.54, 1.807) is 0 Å². The topological polar surface area (TPSA) is 49.8 Å². The van der Waals surface area contributed by atoms with Crippen LogP contribution < -0.4 is 4.74 Å². The molecule has 0 aromatic heterocycles. The fourth-order valence-electron chi connectivity index (χ4n) is 1.98. The molecule has 19 heavy (non-hydrogen) atoms. The Bertz CT molecular complexity index is 426. The standard InChI is InChI=1S/C15H23NO3/c1-11(2)19-13-8-6-12(7-9-13)15(3,16(4)5)10-14(17)18/h6-9,11H,10H2,1-5H3,(H,17,18). The molecule has 0 fully saturated rings. The monoisotopic (exact) mass is 265 g/mol. The van der Waals surface area contributed by atoms with Gasteiger partial charge in [-0.1, -0.05) is 12.1 Å². The Hall–Kier alpha value is -1.55. The van der Waals surface area contributed by atoms with Crippen molar-refractivity contribution in [3.8, 4) is 5.75 Å². The first-order valence-electron chi connectivity index (χ1n) is 6.42. The number of ether oxygens (including phenoxy) is 1. The molecule has 0 aliphatic heterocycles. The van der Waals surface area contributed by atoms with Gasteiger partial charge in [0.1, 0.15) is 5.75 Å². The molecule has 1 aromatic carbocycles. The van der Waals surface area contributed by atoms with Crippen molar-refractivity contribution < 1.29 is 14.6 Å². The van der Waals surface area contributed by atoms with Gasteiger partial charge >= 0.3 is 5.97 Å². The van der Waals surface area contributed by atoms with E-state index in [0.29, 0.717) is 0 Å². The van der Waals surface area contributed by atoms with E-state index >= 15 is 0 Å². The van der Waals surface area contributed by atoms with Crippen LogP contribution in [0.15, 0.2) is 24.3 Å². The molecule has 0 aliphatic carbocycles. The summed E-state index contributed by atoms with van der Waals surface area (Å²) < 4.78 is 5.59. The van der Waals surface area contributed by atoms with Crippen molar-refractivity contribution in [3.05, 3.63) is 29.8 Å². The molecule has 0 heterocycles. The average Bonchev–Trinajstić information content (AvgIpc) is 2.27. The summed E-state index contributed by atoms with van der Waals surface area (Å²) >= 11 is 0. The van der Waals surface area contributed by atoms with Crippen LogP contribution in [0.5, 0.6) is 5.75 Å². The molecule has 1 rings (SSSR count). The molecule has 0 spiro atoms. The Balaban J connectivity index is 3.01. The smallest absolute Gasteiger partial charge is 0.305 e. The lowest BCUT2D eigenvalue weighted by Crippen LogP contribution is -2.40. The highest BCUT2D eigenvalue weighted by Crippen LogP contribution is 2.31. The highest BCUT2D eigenvalue weighted by molar-refractivity contribution is 5.68. The van der Waals surface area contributed by atoms with Crippen LogP contribution in [-0.2, 0) is 10.3 Å². The number of carbonyl (C=O) groups is 1. The van der Waals surface area contributed by atoms with Crippen molar-refractivity contribution in [2.75, 3.05) is 14.1 Å². The molecular weight excluding hydrogens is 242 g/mol. The van der Waals surface area contributed by atoms with E-state index in [1.165, 1.54) is 0 Å². The summed E-state index contributed by atoms with van der Waals surface area (Å²) in [4.78, 5) is 13.0. The summed E-state index contributed by atoms with van der Waals surface area (Å²) in [5.41, 5.74) is 0.443. The van der Waals surface area contributed by atoms with E-state index < -0.39 is 11.5 Å². The highest BCUT2D eigenvalue weighted by atomic mass is 16.5. The van der Waals surface area contributed by atoms with Crippen LogP contribution in [0, 0.1) is 0 Å². The molecule has 1 aromatic rings. The lowest BCUT2D eigenvalue weighted by atomic mass is 9.87. The number of carboxylic acids is 1. The molecule has 0 amide bonds. The number of rotatable bonds is 6. The molecule has 0 bridgehead atoms. The summed E-state index contributed by atoms with van der Waals surface area (Å²) in [6.07, 6.45) is 0.190. The van der Waals surface area contributed by atoms with Gasteiger partial charge in [0.15, 0.2) is 0 Å². The molecule has 1 atom stereocenters. The Labute approximate surface area is 115 Å². The van der Waals surface area contributed by atoms with Crippen LogP contribution in [0.4, 0.5) is 0 Å². The van der Waals surface area contributed by atoms with Gasteiger partial charge in [0.05, 0.1) is 18.1 Å². The molecule has 0 saturated heterocycles. The molecule has 1 N–H and O–H groups in total. The maximum absolute atomic E-state index is 11.1. The van der Waals surface area contributed by atoms with Crippen LogP contribution >= 0.6 is 0 Å². The Morgan fingerprint density at radius 1 is 1.32 bits per heavy atom. The average molecular weight is 265 g/mol. The van der Waals surface area contributed by atoms with Crippen LogP contribution in [0.1, 0.15) is 32.8 Å². The maximum Gasteiger partial charge on any atom is 0.305 e. The zero-order valence-corrected chi connectivity index (χ0v) is 12.3. The minimum Gasteiger partial charge on any atom is -0.491 e. The molecule has 0 radical (unpaired) electrons. The van der Waals surface area contributed by atoms with Gasteiger partial charge in [-0.05, 0) is 52.6 Å². The second-order valence-corrected chi connectivity index (χ2v) is 5.43. The number of hydrogen-bond acceptors (Lipinski definition) is 3. The SMILES string of the molecule is CC(C)Oc1ccc(C(C)(CC(=O)O)N(C)C)cc1. The van der Waals surface area contributed by atoms with E-state index in [1.807, 2.05) is 64.0 Å². The summed E-state index contributed by atoms with van der Waals surface area (Å²) in [7, 11) is 3.78. The molecule has 4 nitrogen and oxygen atoms in total. The van der Waals surface area contributed by atoms with Gasteiger partial charge in [-0.2, -0.15) is 0 Å². The van der Waals surface area contributed by atoms with Gasteiger partial charge in [0.25, 0.3) is 0 Å². The second kappa shape index (κ2) is 6.06. The van der Waals surface area contributed by atoms with Crippen molar-refractivity contribution in [2.45, 2.75) is 38.8 Å². The van der Waals surface area contributed by atoms with Gasteiger partial charge in [0.2, 0.25) is 0 Å². The molecule has 106 valence electrons. The summed E-state index contributed by atoms with van der Waals surface area (Å²) in [6.45, 7) is 5.88. The number of carboxylic acid groups (broad SMARTS) is 1. The van der Waals surface area contributed by atoms with Crippen molar-refractivity contribution in [2.24, 2.45) is 0 Å². The molecule has 4 heteroatoms. The van der Waals surface area contributed by atoms with E-state index in [2.05, 4.69) is 0 Å². The second-order valence-electron chi connectivity index (χ2n) is 5.43. The first kappa shape index (κ1) is 15.5. The van der Waals surface area contributed by atoms with Crippen LogP contribution in [0.25, 0.3) is 0 Å². The van der Waals surface area contributed by atoms with Gasteiger partial charge in [-0.25, -0.2) is 0 Å². The minimum absolute atomic E-state index is 0.0599. The van der Waals surface area contributed by atoms with E-state index in [-0.39, 0.29) is 12.5 Å². The summed E-state index contributed by atoms with van der Waals surface area (Å²) in [5, 5.41) is 9.08. The quantitative estimate of drug-likeness (QED) is 0.859. The van der Waals surface area contributed by atoms with Crippen molar-refractivity contribution in [1.29, 1.82) is 0 Å². The number of benzene rings is 1. The fraction of sp³-hybridized carbons (Fsp3) is 0.533. The van der Waals surface area contributed by atoms with Crippen LogP contribution in [-0.4, -0.2) is 36.2 Å². The third kappa shape index (κ3) is 3.96. The highest BCUT2D eigenvalue weighted by Gasteiger charge is 2.31. The zero-order chi connectivity index (χ0) is 14.6. The van der Waals surface area contributed by atoms with Gasteiger partial charge in [-0.15, -0.1) is 0 Å². The summed E-state index contributed by atoms with van der Waals surface area (Å²) in [6, 6.07) is 7.64. The number of aliphatic carboxylic acids is 1. The van der Waals surface area contributed by atoms with Crippen molar-refractivity contribution >= 4 is 5.97 Å². The normalized spacial score (nSPS) is 14.5. The van der Waals surface area contributed by atoms with E-state index in [0.717, 1.165) is 11.3 Å². The number of hydrogen-bond donors (Lipinski definition) is 1. The summed E-state index contributed by atoms with van der Waals surface area (Å²) in [5.74, 6) is -0.00566. The number of nitrogens with zero attached hydrogens (tertiary/aromatic N) is 1. The minimum atomic E-state index is -0.807. The Morgan fingerprint density at radius 3 is 2.21 bits per heavy atom. The van der Waals surface area contributed by atoms with Gasteiger partial charge in [-0.3, -0.25) is 9.69 Å². The van der Waals surface area contributed by atoms with E-state index in [9.17, 15) is 4.79 Å². The molecular formula is C15H23NO3. The molecule has 1 unspecified atom stereocenters. The van der Waals surface area contributed by atoms with E-state index in [4.69, 9.17) is 9.84 Å². The third-order valence-electron chi connectivity index (χ3n) is 3.33. The van der Waals surface area contributed by atoms with Gasteiger partial charge in [0, 0.05) is 0 Å². The van der Waals surface area contributed by atoms with Crippen LogP contribution in [0.3, 0.4) is 0 Å². The fourth-order valence-corrected chi connectivity index (χ4v) is 1.98. The van der Waals surface area contributed by atoms with Crippen molar-refractivity contribution in [3.63, 3.8) is 0 Å². The largest absolute Gasteiger partial charge is 0.491 e. The predicted molar refractivity (Wildman–Crippen MR) is 75.5 cm³/mol. The van der Waals surface area contributed by atoms with Gasteiger partial charge < -0.3 is 9.84 Å². The predicted octanol–water partition coefficient (Wildman–Crippen LogP) is 2.73. The third-order valence-corrected chi connectivity index (χ3v) is 3.33. The maximum atomic E-state index is 11.1. The molecule has 0 aliphatic rings. The van der Waals surface area contributed by atoms with Crippen molar-refractivity contribution in [1.82, 2.24) is 4.90 Å². The lowest BCUT2D eigenvalue weighted by molar-refractivity contribution is -0.140. The Morgan fingerprint density at radius 2 is 1.84 bits per heavy atom. The zero-order valence-electron chi connectivity index (χ0n) is 12.3. The first-order valence-corrected chi connectivity index (χ1v) is 6.42. The lowest BCUT2D eigenvalue weighted by Gasteiger charge is -2.35.